The number of carbonyl (C=O) groups is 1. The zero-order valence-corrected chi connectivity index (χ0v) is 12.7. The third-order valence-corrected chi connectivity index (χ3v) is 3.85. The number of ether oxygens (including phenoxy) is 1. The normalized spacial score (nSPS) is 19.3. The molecule has 1 aromatic rings. The van der Waals surface area contributed by atoms with E-state index in [2.05, 4.69) is 17.1 Å². The number of benzene rings is 1. The van der Waals surface area contributed by atoms with E-state index in [0.717, 1.165) is 43.8 Å². The molecule has 1 aromatic carbocycles. The van der Waals surface area contributed by atoms with Gasteiger partial charge in [0.1, 0.15) is 5.75 Å². The largest absolute Gasteiger partial charge is 0.494 e. The van der Waals surface area contributed by atoms with Crippen LogP contribution < -0.4 is 15.8 Å². The van der Waals surface area contributed by atoms with E-state index in [1.165, 1.54) is 0 Å². The van der Waals surface area contributed by atoms with Crippen molar-refractivity contribution in [2.75, 3.05) is 26.2 Å². The summed E-state index contributed by atoms with van der Waals surface area (Å²) in [7, 11) is 0. The molecule has 116 valence electrons. The molecule has 1 amide bonds. The summed E-state index contributed by atoms with van der Waals surface area (Å²) >= 11 is 0. The molecular formula is C16H25N3O2. The van der Waals surface area contributed by atoms with Crippen molar-refractivity contribution in [3.8, 4) is 5.75 Å². The Morgan fingerprint density at radius 2 is 2.14 bits per heavy atom. The maximum Gasteiger partial charge on any atom is 0.237 e. The van der Waals surface area contributed by atoms with E-state index in [0.29, 0.717) is 13.2 Å². The minimum Gasteiger partial charge on any atom is -0.494 e. The Labute approximate surface area is 126 Å². The summed E-state index contributed by atoms with van der Waals surface area (Å²) in [5.74, 6) is 1.03. The first-order valence-electron chi connectivity index (χ1n) is 7.68. The van der Waals surface area contributed by atoms with Crippen molar-refractivity contribution in [1.82, 2.24) is 10.2 Å². The highest BCUT2D eigenvalue weighted by molar-refractivity contribution is 5.82. The lowest BCUT2D eigenvalue weighted by Gasteiger charge is -2.34. The van der Waals surface area contributed by atoms with Gasteiger partial charge in [0.2, 0.25) is 5.91 Å². The number of nitrogens with one attached hydrogen (secondary N) is 1. The number of carbonyl (C=O) groups excluding carboxylic acids is 1. The molecule has 0 spiro atoms. The molecule has 1 unspecified atom stereocenters. The summed E-state index contributed by atoms with van der Waals surface area (Å²) in [6.45, 7) is 5.84. The summed E-state index contributed by atoms with van der Waals surface area (Å²) in [5, 5.41) is 2.92. The standard InChI is InChI=1S/C16H25N3O2/c1-2-15-16(20)18-8-10-19(15)9-3-11-21-14-6-4-13(12-17)5-7-14/h4-7,15H,2-3,8-12,17H2,1H3,(H,18,20). The smallest absolute Gasteiger partial charge is 0.237 e. The van der Waals surface area contributed by atoms with Gasteiger partial charge in [-0.25, -0.2) is 0 Å². The Morgan fingerprint density at radius 1 is 1.38 bits per heavy atom. The van der Waals surface area contributed by atoms with Crippen molar-refractivity contribution in [1.29, 1.82) is 0 Å². The fraction of sp³-hybridized carbons (Fsp3) is 0.562. The van der Waals surface area contributed by atoms with Crippen LogP contribution in [0, 0.1) is 0 Å². The van der Waals surface area contributed by atoms with Gasteiger partial charge in [-0.15, -0.1) is 0 Å². The fourth-order valence-corrected chi connectivity index (χ4v) is 2.65. The molecule has 0 radical (unpaired) electrons. The molecule has 1 aliphatic rings. The van der Waals surface area contributed by atoms with Crippen LogP contribution in [-0.4, -0.2) is 43.1 Å². The van der Waals surface area contributed by atoms with Gasteiger partial charge in [-0.3, -0.25) is 9.69 Å². The third kappa shape index (κ3) is 4.44. The summed E-state index contributed by atoms with van der Waals surface area (Å²) in [6, 6.07) is 7.88. The predicted molar refractivity (Wildman–Crippen MR) is 83.1 cm³/mol. The SMILES string of the molecule is CCC1C(=O)NCCN1CCCOc1ccc(CN)cc1. The molecule has 1 heterocycles. The van der Waals surface area contributed by atoms with Crippen LogP contribution in [0.25, 0.3) is 0 Å². The second-order valence-corrected chi connectivity index (χ2v) is 5.30. The lowest BCUT2D eigenvalue weighted by Crippen LogP contribution is -2.55. The van der Waals surface area contributed by atoms with Gasteiger partial charge in [-0.2, -0.15) is 0 Å². The van der Waals surface area contributed by atoms with Crippen molar-refractivity contribution in [3.05, 3.63) is 29.8 Å². The van der Waals surface area contributed by atoms with Gasteiger partial charge >= 0.3 is 0 Å². The van der Waals surface area contributed by atoms with Gasteiger partial charge < -0.3 is 15.8 Å². The fourth-order valence-electron chi connectivity index (χ4n) is 2.65. The molecule has 21 heavy (non-hydrogen) atoms. The highest BCUT2D eigenvalue weighted by Crippen LogP contribution is 2.13. The first-order valence-corrected chi connectivity index (χ1v) is 7.68. The zero-order valence-electron chi connectivity index (χ0n) is 12.7. The van der Waals surface area contributed by atoms with E-state index in [1.807, 2.05) is 24.3 Å². The highest BCUT2D eigenvalue weighted by atomic mass is 16.5. The Bertz CT molecular complexity index is 447. The van der Waals surface area contributed by atoms with Crippen molar-refractivity contribution >= 4 is 5.91 Å². The number of hydrogen-bond acceptors (Lipinski definition) is 4. The van der Waals surface area contributed by atoms with Crippen LogP contribution in [0.2, 0.25) is 0 Å². The second kappa shape index (κ2) is 8.00. The third-order valence-electron chi connectivity index (χ3n) is 3.85. The number of piperazine rings is 1. The second-order valence-electron chi connectivity index (χ2n) is 5.30. The van der Waals surface area contributed by atoms with Gasteiger partial charge in [0, 0.05) is 26.2 Å². The molecule has 1 aliphatic heterocycles. The molecule has 1 fully saturated rings. The molecule has 5 heteroatoms. The van der Waals surface area contributed by atoms with Gasteiger partial charge in [-0.05, 0) is 30.5 Å². The minimum absolute atomic E-state index is 0.0163. The number of nitrogens with two attached hydrogens (primary N) is 1. The molecule has 2 rings (SSSR count). The minimum atomic E-state index is 0.0163. The number of rotatable bonds is 7. The van der Waals surface area contributed by atoms with Crippen molar-refractivity contribution in [2.45, 2.75) is 32.4 Å². The molecule has 5 nitrogen and oxygen atoms in total. The topological polar surface area (TPSA) is 67.6 Å². The molecule has 3 N–H and O–H groups in total. The van der Waals surface area contributed by atoms with Gasteiger partial charge in [0.05, 0.1) is 12.6 Å². The zero-order chi connectivity index (χ0) is 15.1. The van der Waals surface area contributed by atoms with E-state index in [4.69, 9.17) is 10.5 Å². The maximum atomic E-state index is 11.8. The Kier molecular flexibility index (Phi) is 6.02. The van der Waals surface area contributed by atoms with E-state index in [-0.39, 0.29) is 11.9 Å². The molecule has 1 atom stereocenters. The van der Waals surface area contributed by atoms with E-state index < -0.39 is 0 Å². The van der Waals surface area contributed by atoms with E-state index in [9.17, 15) is 4.79 Å². The van der Waals surface area contributed by atoms with Gasteiger partial charge in [0.15, 0.2) is 0 Å². The average Bonchev–Trinajstić information content (AvgIpc) is 2.52. The molecule has 0 bridgehead atoms. The molecular weight excluding hydrogens is 266 g/mol. The Balaban J connectivity index is 1.72. The Hall–Kier alpha value is -1.59. The first kappa shape index (κ1) is 15.8. The molecule has 0 saturated carbocycles. The van der Waals surface area contributed by atoms with Crippen LogP contribution in [-0.2, 0) is 11.3 Å². The van der Waals surface area contributed by atoms with Crippen LogP contribution >= 0.6 is 0 Å². The molecule has 0 aromatic heterocycles. The number of amides is 1. The van der Waals surface area contributed by atoms with Gasteiger partial charge in [-0.1, -0.05) is 19.1 Å². The molecule has 0 aliphatic carbocycles. The first-order chi connectivity index (χ1) is 10.2. The highest BCUT2D eigenvalue weighted by Gasteiger charge is 2.27. The maximum absolute atomic E-state index is 11.8. The van der Waals surface area contributed by atoms with E-state index in [1.54, 1.807) is 0 Å². The van der Waals surface area contributed by atoms with Crippen LogP contribution in [0.5, 0.6) is 5.75 Å². The van der Waals surface area contributed by atoms with Gasteiger partial charge in [0.25, 0.3) is 0 Å². The van der Waals surface area contributed by atoms with Crippen LogP contribution in [0.1, 0.15) is 25.3 Å². The summed E-state index contributed by atoms with van der Waals surface area (Å²) in [6.07, 6.45) is 1.77. The summed E-state index contributed by atoms with van der Waals surface area (Å²) in [4.78, 5) is 14.0. The number of nitrogens with zero attached hydrogens (tertiary/aromatic N) is 1. The lowest BCUT2D eigenvalue weighted by atomic mass is 10.1. The summed E-state index contributed by atoms with van der Waals surface area (Å²) < 4.78 is 5.72. The van der Waals surface area contributed by atoms with Crippen LogP contribution in [0.4, 0.5) is 0 Å². The summed E-state index contributed by atoms with van der Waals surface area (Å²) in [5.41, 5.74) is 6.67. The van der Waals surface area contributed by atoms with Crippen molar-refractivity contribution < 1.29 is 9.53 Å². The molecule has 1 saturated heterocycles. The Morgan fingerprint density at radius 3 is 2.81 bits per heavy atom. The van der Waals surface area contributed by atoms with Crippen LogP contribution in [0.15, 0.2) is 24.3 Å². The van der Waals surface area contributed by atoms with Crippen molar-refractivity contribution in [2.24, 2.45) is 5.73 Å². The van der Waals surface area contributed by atoms with Crippen LogP contribution in [0.3, 0.4) is 0 Å². The lowest BCUT2D eigenvalue weighted by molar-refractivity contribution is -0.129. The predicted octanol–water partition coefficient (Wildman–Crippen LogP) is 1.12. The average molecular weight is 291 g/mol. The van der Waals surface area contributed by atoms with E-state index >= 15 is 0 Å². The van der Waals surface area contributed by atoms with Crippen molar-refractivity contribution in [3.63, 3.8) is 0 Å². The quantitative estimate of drug-likeness (QED) is 0.739. The monoisotopic (exact) mass is 291 g/mol. The number of hydrogen-bond donors (Lipinski definition) is 2.